The van der Waals surface area contributed by atoms with E-state index in [0.717, 1.165) is 38.9 Å². The van der Waals surface area contributed by atoms with Gasteiger partial charge in [-0.25, -0.2) is 0 Å². The van der Waals surface area contributed by atoms with Gasteiger partial charge in [-0.15, -0.1) is 0 Å². The molecule has 0 aromatic carbocycles. The van der Waals surface area contributed by atoms with Gasteiger partial charge in [-0.05, 0) is 25.7 Å². The van der Waals surface area contributed by atoms with E-state index < -0.39 is 0 Å². The molecular weight excluding hydrogens is 196 g/mol. The monoisotopic (exact) mass is 218 g/mol. The summed E-state index contributed by atoms with van der Waals surface area (Å²) in [6.07, 6.45) is 3.70. The summed E-state index contributed by atoms with van der Waals surface area (Å²) < 4.78 is 15.8. The van der Waals surface area contributed by atoms with Gasteiger partial charge < -0.3 is 19.3 Å². The molecule has 2 unspecified atom stereocenters. The number of rotatable bonds is 8. The Labute approximate surface area is 91.5 Å². The van der Waals surface area contributed by atoms with Crippen LogP contribution in [0.1, 0.15) is 25.7 Å². The van der Waals surface area contributed by atoms with Crippen LogP contribution in [0.15, 0.2) is 0 Å². The van der Waals surface area contributed by atoms with E-state index in [0.29, 0.717) is 13.2 Å². The van der Waals surface area contributed by atoms with Crippen LogP contribution in [0.5, 0.6) is 0 Å². The number of aliphatic hydroxyl groups excluding tert-OH is 1. The van der Waals surface area contributed by atoms with E-state index in [4.69, 9.17) is 14.2 Å². The summed E-state index contributed by atoms with van der Waals surface area (Å²) >= 11 is 0. The molecule has 4 nitrogen and oxygen atoms in total. The Morgan fingerprint density at radius 1 is 1.13 bits per heavy atom. The van der Waals surface area contributed by atoms with Gasteiger partial charge in [0, 0.05) is 20.3 Å². The summed E-state index contributed by atoms with van der Waals surface area (Å²) in [6.45, 7) is 2.75. The number of aliphatic hydroxyl groups is 1. The molecule has 0 heterocycles. The van der Waals surface area contributed by atoms with E-state index in [2.05, 4.69) is 0 Å². The number of methoxy groups -OCH3 is 1. The molecule has 0 radical (unpaired) electrons. The number of ether oxygens (including phenoxy) is 3. The fourth-order valence-electron chi connectivity index (χ4n) is 1.72. The summed E-state index contributed by atoms with van der Waals surface area (Å²) in [5, 5.41) is 9.28. The van der Waals surface area contributed by atoms with Gasteiger partial charge in [0.2, 0.25) is 0 Å². The lowest BCUT2D eigenvalue weighted by Crippen LogP contribution is -2.12. The van der Waals surface area contributed by atoms with Gasteiger partial charge in [0.1, 0.15) is 0 Å². The maximum Gasteiger partial charge on any atom is 0.0700 e. The molecule has 0 spiro atoms. The second-order valence-corrected chi connectivity index (χ2v) is 3.92. The minimum absolute atomic E-state index is 0.145. The maximum atomic E-state index is 9.28. The molecule has 90 valence electrons. The molecule has 0 amide bonds. The van der Waals surface area contributed by atoms with Crippen LogP contribution < -0.4 is 0 Å². The van der Waals surface area contributed by atoms with Crippen molar-refractivity contribution >= 4 is 0 Å². The lowest BCUT2D eigenvalue weighted by Gasteiger charge is -2.11. The standard InChI is InChI=1S/C11H22O4/c1-13-7-8-14-5-2-6-15-11-4-3-10(12)9-11/h10-12H,2-9H2,1H3. The molecule has 15 heavy (non-hydrogen) atoms. The van der Waals surface area contributed by atoms with E-state index in [1.54, 1.807) is 7.11 Å². The highest BCUT2D eigenvalue weighted by Crippen LogP contribution is 2.21. The molecule has 0 aromatic rings. The summed E-state index contributed by atoms with van der Waals surface area (Å²) in [6, 6.07) is 0. The number of hydrogen-bond acceptors (Lipinski definition) is 4. The van der Waals surface area contributed by atoms with Crippen molar-refractivity contribution in [2.24, 2.45) is 0 Å². The van der Waals surface area contributed by atoms with Crippen molar-refractivity contribution in [2.75, 3.05) is 33.5 Å². The smallest absolute Gasteiger partial charge is 0.0700 e. The zero-order chi connectivity index (χ0) is 10.9. The van der Waals surface area contributed by atoms with E-state index >= 15 is 0 Å². The Balaban J connectivity index is 1.81. The molecule has 1 N–H and O–H groups in total. The van der Waals surface area contributed by atoms with Crippen LogP contribution >= 0.6 is 0 Å². The summed E-state index contributed by atoms with van der Waals surface area (Å²) in [7, 11) is 1.66. The largest absolute Gasteiger partial charge is 0.393 e. The van der Waals surface area contributed by atoms with Gasteiger partial charge in [-0.3, -0.25) is 0 Å². The lowest BCUT2D eigenvalue weighted by atomic mass is 10.3. The van der Waals surface area contributed by atoms with Gasteiger partial charge in [-0.2, -0.15) is 0 Å². The zero-order valence-corrected chi connectivity index (χ0v) is 9.48. The highest BCUT2D eigenvalue weighted by atomic mass is 16.5. The molecule has 1 saturated carbocycles. The predicted octanol–water partition coefficient (Wildman–Crippen LogP) is 0.969. The van der Waals surface area contributed by atoms with E-state index in [-0.39, 0.29) is 12.2 Å². The highest BCUT2D eigenvalue weighted by molar-refractivity contribution is 4.74. The minimum Gasteiger partial charge on any atom is -0.393 e. The van der Waals surface area contributed by atoms with Crippen LogP contribution in [-0.2, 0) is 14.2 Å². The van der Waals surface area contributed by atoms with Crippen molar-refractivity contribution in [3.05, 3.63) is 0 Å². The summed E-state index contributed by atoms with van der Waals surface area (Å²) in [5.74, 6) is 0. The van der Waals surface area contributed by atoms with Crippen molar-refractivity contribution < 1.29 is 19.3 Å². The Bertz CT molecular complexity index is 152. The fourth-order valence-corrected chi connectivity index (χ4v) is 1.72. The third-order valence-electron chi connectivity index (χ3n) is 2.58. The molecule has 0 aromatic heterocycles. The maximum absolute atomic E-state index is 9.28. The molecule has 1 rings (SSSR count). The average molecular weight is 218 g/mol. The molecule has 4 heteroatoms. The Morgan fingerprint density at radius 2 is 2.00 bits per heavy atom. The highest BCUT2D eigenvalue weighted by Gasteiger charge is 2.22. The first-order chi connectivity index (χ1) is 7.33. The first-order valence-corrected chi connectivity index (χ1v) is 5.69. The van der Waals surface area contributed by atoms with Gasteiger partial charge in [-0.1, -0.05) is 0 Å². The van der Waals surface area contributed by atoms with Crippen molar-refractivity contribution in [3.8, 4) is 0 Å². The first kappa shape index (κ1) is 12.9. The number of hydrogen-bond donors (Lipinski definition) is 1. The van der Waals surface area contributed by atoms with Crippen LogP contribution in [0.3, 0.4) is 0 Å². The Morgan fingerprint density at radius 3 is 2.67 bits per heavy atom. The second kappa shape index (κ2) is 8.05. The average Bonchev–Trinajstić information content (AvgIpc) is 2.63. The van der Waals surface area contributed by atoms with Crippen molar-refractivity contribution in [1.29, 1.82) is 0 Å². The quantitative estimate of drug-likeness (QED) is 0.617. The van der Waals surface area contributed by atoms with Crippen molar-refractivity contribution in [3.63, 3.8) is 0 Å². The Hall–Kier alpha value is -0.160. The minimum atomic E-state index is -0.145. The van der Waals surface area contributed by atoms with Gasteiger partial charge >= 0.3 is 0 Å². The topological polar surface area (TPSA) is 47.9 Å². The van der Waals surface area contributed by atoms with Gasteiger partial charge in [0.05, 0.1) is 25.4 Å². The van der Waals surface area contributed by atoms with E-state index in [1.165, 1.54) is 0 Å². The zero-order valence-electron chi connectivity index (χ0n) is 9.48. The molecule has 0 bridgehead atoms. The Kier molecular flexibility index (Phi) is 6.92. The van der Waals surface area contributed by atoms with Crippen LogP contribution in [0, 0.1) is 0 Å². The lowest BCUT2D eigenvalue weighted by molar-refractivity contribution is 0.0212. The third kappa shape index (κ3) is 6.10. The van der Waals surface area contributed by atoms with Crippen molar-refractivity contribution in [1.82, 2.24) is 0 Å². The van der Waals surface area contributed by atoms with Gasteiger partial charge in [0.15, 0.2) is 0 Å². The summed E-state index contributed by atoms with van der Waals surface area (Å²) in [4.78, 5) is 0. The van der Waals surface area contributed by atoms with Crippen LogP contribution in [0.25, 0.3) is 0 Å². The molecule has 1 fully saturated rings. The fraction of sp³-hybridized carbons (Fsp3) is 1.00. The van der Waals surface area contributed by atoms with Gasteiger partial charge in [0.25, 0.3) is 0 Å². The molecule has 2 atom stereocenters. The second-order valence-electron chi connectivity index (χ2n) is 3.92. The molecular formula is C11H22O4. The summed E-state index contributed by atoms with van der Waals surface area (Å²) in [5.41, 5.74) is 0. The first-order valence-electron chi connectivity index (χ1n) is 5.69. The third-order valence-corrected chi connectivity index (χ3v) is 2.58. The van der Waals surface area contributed by atoms with E-state index in [9.17, 15) is 5.11 Å². The molecule has 0 saturated heterocycles. The SMILES string of the molecule is COCCOCCCOC1CCC(O)C1. The van der Waals surface area contributed by atoms with Crippen LogP contribution in [-0.4, -0.2) is 50.9 Å². The molecule has 0 aliphatic heterocycles. The predicted molar refractivity (Wildman–Crippen MR) is 56.9 cm³/mol. The van der Waals surface area contributed by atoms with Crippen molar-refractivity contribution in [2.45, 2.75) is 37.9 Å². The van der Waals surface area contributed by atoms with Crippen LogP contribution in [0.4, 0.5) is 0 Å². The van der Waals surface area contributed by atoms with Crippen LogP contribution in [0.2, 0.25) is 0 Å². The van der Waals surface area contributed by atoms with E-state index in [1.807, 2.05) is 0 Å². The molecule has 1 aliphatic rings. The molecule has 1 aliphatic carbocycles. The normalized spacial score (nSPS) is 26.0.